The predicted octanol–water partition coefficient (Wildman–Crippen LogP) is 3.05. The number of benzene rings is 2. The van der Waals surface area contributed by atoms with E-state index in [-0.39, 0.29) is 30.6 Å². The van der Waals surface area contributed by atoms with Crippen LogP contribution in [0.4, 0.5) is 5.69 Å². The number of rotatable bonds is 6. The Morgan fingerprint density at radius 2 is 1.97 bits per heavy atom. The summed E-state index contributed by atoms with van der Waals surface area (Å²) in [5.74, 6) is -0.787. The Bertz CT molecular complexity index is 1120. The fourth-order valence-electron chi connectivity index (χ4n) is 3.56. The van der Waals surface area contributed by atoms with Crippen molar-refractivity contribution >= 4 is 50.2 Å². The molecule has 0 fully saturated rings. The Kier molecular flexibility index (Phi) is 5.85. The SMILES string of the molecule is O=C(CC[C@H]1NC(=O)c2ccccc2NC1=O)NCCn1ccc2cc(Br)ccc21. The molecule has 0 bridgehead atoms. The van der Waals surface area contributed by atoms with E-state index in [1.807, 2.05) is 24.4 Å². The van der Waals surface area contributed by atoms with E-state index in [9.17, 15) is 14.4 Å². The van der Waals surface area contributed by atoms with Crippen LogP contribution in [0.2, 0.25) is 0 Å². The highest BCUT2D eigenvalue weighted by molar-refractivity contribution is 9.10. The average molecular weight is 469 g/mol. The third-order valence-corrected chi connectivity index (χ3v) is 5.61. The summed E-state index contributed by atoms with van der Waals surface area (Å²) in [5.41, 5.74) is 2.01. The molecule has 0 aliphatic carbocycles. The topological polar surface area (TPSA) is 92.2 Å². The fraction of sp³-hybridized carbons (Fsp3) is 0.227. The van der Waals surface area contributed by atoms with E-state index < -0.39 is 6.04 Å². The van der Waals surface area contributed by atoms with Crippen molar-refractivity contribution in [3.8, 4) is 0 Å². The number of carbonyl (C=O) groups is 3. The number of para-hydroxylation sites is 1. The van der Waals surface area contributed by atoms with Gasteiger partial charge in [0.2, 0.25) is 11.8 Å². The number of nitrogens with one attached hydrogen (secondary N) is 3. The first kappa shape index (κ1) is 20.2. The lowest BCUT2D eigenvalue weighted by Crippen LogP contribution is -2.42. The first-order chi connectivity index (χ1) is 14.5. The lowest BCUT2D eigenvalue weighted by atomic mass is 10.1. The van der Waals surface area contributed by atoms with Gasteiger partial charge in [-0.05, 0) is 42.8 Å². The molecule has 2 heterocycles. The van der Waals surface area contributed by atoms with Crippen LogP contribution in [0.3, 0.4) is 0 Å². The van der Waals surface area contributed by atoms with Crippen LogP contribution in [0.25, 0.3) is 10.9 Å². The van der Waals surface area contributed by atoms with E-state index in [1.54, 1.807) is 24.3 Å². The summed E-state index contributed by atoms with van der Waals surface area (Å²) in [4.78, 5) is 37.0. The maximum absolute atomic E-state index is 12.4. The van der Waals surface area contributed by atoms with E-state index in [1.165, 1.54) is 0 Å². The van der Waals surface area contributed by atoms with Crippen LogP contribution >= 0.6 is 15.9 Å². The zero-order chi connectivity index (χ0) is 21.1. The molecule has 0 spiro atoms. The minimum absolute atomic E-state index is 0.147. The standard InChI is InChI=1S/C22H21BrN4O3/c23-15-5-7-19-14(13-15)9-11-27(19)12-10-24-20(28)8-6-18-22(30)25-17-4-2-1-3-16(17)21(29)26-18/h1-5,7,9,11,13,18H,6,8,10,12H2,(H,24,28)(H,25,30)(H,26,29)/t18-/m1/s1. The van der Waals surface area contributed by atoms with E-state index in [2.05, 4.69) is 42.5 Å². The maximum Gasteiger partial charge on any atom is 0.254 e. The molecule has 8 heteroatoms. The van der Waals surface area contributed by atoms with Crippen molar-refractivity contribution in [3.63, 3.8) is 0 Å². The second-order valence-corrected chi connectivity index (χ2v) is 8.08. The van der Waals surface area contributed by atoms with Crippen molar-refractivity contribution in [1.29, 1.82) is 0 Å². The summed E-state index contributed by atoms with van der Waals surface area (Å²) in [7, 11) is 0. The predicted molar refractivity (Wildman–Crippen MR) is 118 cm³/mol. The lowest BCUT2D eigenvalue weighted by molar-refractivity contribution is -0.121. The maximum atomic E-state index is 12.4. The molecule has 1 atom stereocenters. The fourth-order valence-corrected chi connectivity index (χ4v) is 3.94. The number of nitrogens with zero attached hydrogens (tertiary/aromatic N) is 1. The first-order valence-electron chi connectivity index (χ1n) is 9.73. The molecule has 1 aliphatic rings. The highest BCUT2D eigenvalue weighted by atomic mass is 79.9. The third kappa shape index (κ3) is 4.38. The molecular weight excluding hydrogens is 448 g/mol. The number of hydrogen-bond acceptors (Lipinski definition) is 3. The molecule has 0 saturated carbocycles. The van der Waals surface area contributed by atoms with Crippen LogP contribution < -0.4 is 16.0 Å². The Morgan fingerprint density at radius 1 is 1.13 bits per heavy atom. The molecule has 0 unspecified atom stereocenters. The minimum Gasteiger partial charge on any atom is -0.354 e. The number of amides is 3. The molecule has 0 saturated heterocycles. The van der Waals surface area contributed by atoms with Gasteiger partial charge in [-0.25, -0.2) is 0 Å². The normalized spacial score (nSPS) is 15.8. The quantitative estimate of drug-likeness (QED) is 0.518. The summed E-state index contributed by atoms with van der Waals surface area (Å²) in [6, 6.07) is 14.2. The van der Waals surface area contributed by atoms with Crippen LogP contribution in [0.5, 0.6) is 0 Å². The van der Waals surface area contributed by atoms with Gasteiger partial charge in [-0.15, -0.1) is 0 Å². The van der Waals surface area contributed by atoms with Gasteiger partial charge in [-0.3, -0.25) is 14.4 Å². The smallest absolute Gasteiger partial charge is 0.254 e. The monoisotopic (exact) mass is 468 g/mol. The highest BCUT2D eigenvalue weighted by Crippen LogP contribution is 2.21. The summed E-state index contributed by atoms with van der Waals surface area (Å²) < 4.78 is 3.11. The molecule has 0 radical (unpaired) electrons. The lowest BCUT2D eigenvalue weighted by Gasteiger charge is -2.14. The van der Waals surface area contributed by atoms with Crippen molar-refractivity contribution in [2.75, 3.05) is 11.9 Å². The van der Waals surface area contributed by atoms with Gasteiger partial charge in [0.05, 0.1) is 11.3 Å². The van der Waals surface area contributed by atoms with Gasteiger partial charge in [0.15, 0.2) is 0 Å². The van der Waals surface area contributed by atoms with Gasteiger partial charge in [0.25, 0.3) is 5.91 Å². The Balaban J connectivity index is 1.27. The summed E-state index contributed by atoms with van der Waals surface area (Å²) in [5, 5.41) is 9.47. The minimum atomic E-state index is -0.748. The van der Waals surface area contributed by atoms with Crippen molar-refractivity contribution in [2.45, 2.75) is 25.4 Å². The van der Waals surface area contributed by atoms with Gasteiger partial charge in [-0.2, -0.15) is 0 Å². The van der Waals surface area contributed by atoms with Crippen LogP contribution in [0, 0.1) is 0 Å². The van der Waals surface area contributed by atoms with E-state index in [0.29, 0.717) is 24.3 Å². The first-order valence-corrected chi connectivity index (χ1v) is 10.5. The van der Waals surface area contributed by atoms with Crippen molar-refractivity contribution in [2.24, 2.45) is 0 Å². The number of anilines is 1. The molecule has 1 aliphatic heterocycles. The summed E-state index contributed by atoms with van der Waals surface area (Å²) in [6.07, 6.45) is 2.37. The summed E-state index contributed by atoms with van der Waals surface area (Å²) >= 11 is 3.46. The van der Waals surface area contributed by atoms with Gasteiger partial charge >= 0.3 is 0 Å². The number of halogens is 1. The number of aromatic nitrogens is 1. The number of hydrogen-bond donors (Lipinski definition) is 3. The van der Waals surface area contributed by atoms with Crippen molar-refractivity contribution in [1.82, 2.24) is 15.2 Å². The molecule has 3 amide bonds. The molecule has 3 aromatic rings. The van der Waals surface area contributed by atoms with Gasteiger partial charge in [0, 0.05) is 41.1 Å². The van der Waals surface area contributed by atoms with Gasteiger partial charge in [0.1, 0.15) is 6.04 Å². The molecular formula is C22H21BrN4O3. The van der Waals surface area contributed by atoms with Crippen molar-refractivity contribution < 1.29 is 14.4 Å². The zero-order valence-corrected chi connectivity index (χ0v) is 17.7. The average Bonchev–Trinajstić information content (AvgIpc) is 3.07. The van der Waals surface area contributed by atoms with Crippen LogP contribution in [0.15, 0.2) is 59.2 Å². The van der Waals surface area contributed by atoms with E-state index in [4.69, 9.17) is 0 Å². The Hall–Kier alpha value is -3.13. The molecule has 1 aromatic heterocycles. The van der Waals surface area contributed by atoms with Gasteiger partial charge in [-0.1, -0.05) is 28.1 Å². The molecule has 154 valence electrons. The molecule has 2 aromatic carbocycles. The van der Waals surface area contributed by atoms with Crippen molar-refractivity contribution in [3.05, 3.63) is 64.8 Å². The zero-order valence-electron chi connectivity index (χ0n) is 16.2. The highest BCUT2D eigenvalue weighted by Gasteiger charge is 2.27. The second-order valence-electron chi connectivity index (χ2n) is 7.16. The number of carbonyl (C=O) groups excluding carboxylic acids is 3. The number of fused-ring (bicyclic) bond motifs is 2. The van der Waals surface area contributed by atoms with Crippen LogP contribution in [-0.2, 0) is 16.1 Å². The van der Waals surface area contributed by atoms with Crippen LogP contribution in [0.1, 0.15) is 23.2 Å². The second kappa shape index (κ2) is 8.71. The van der Waals surface area contributed by atoms with E-state index in [0.717, 1.165) is 15.4 Å². The summed E-state index contributed by atoms with van der Waals surface area (Å²) in [6.45, 7) is 1.13. The molecule has 7 nitrogen and oxygen atoms in total. The van der Waals surface area contributed by atoms with Crippen LogP contribution in [-0.4, -0.2) is 34.9 Å². The molecule has 3 N–H and O–H groups in total. The van der Waals surface area contributed by atoms with Gasteiger partial charge < -0.3 is 20.5 Å². The molecule has 4 rings (SSSR count). The Morgan fingerprint density at radius 3 is 2.83 bits per heavy atom. The Labute approximate surface area is 182 Å². The van der Waals surface area contributed by atoms with E-state index >= 15 is 0 Å². The molecule has 30 heavy (non-hydrogen) atoms. The third-order valence-electron chi connectivity index (χ3n) is 5.12. The largest absolute Gasteiger partial charge is 0.354 e.